The lowest BCUT2D eigenvalue weighted by Gasteiger charge is -2.12. The van der Waals surface area contributed by atoms with Crippen molar-refractivity contribution in [3.05, 3.63) is 48.4 Å². The van der Waals surface area contributed by atoms with E-state index in [1.807, 2.05) is 24.3 Å². The van der Waals surface area contributed by atoms with E-state index >= 15 is 0 Å². The second-order valence-corrected chi connectivity index (χ2v) is 6.78. The largest absolute Gasteiger partial charge is 0.377 e. The molecule has 0 radical (unpaired) electrons. The highest BCUT2D eigenvalue weighted by Crippen LogP contribution is 2.26. The molecule has 25 heavy (non-hydrogen) atoms. The third kappa shape index (κ3) is 5.44. The Hall–Kier alpha value is -2.12. The fourth-order valence-electron chi connectivity index (χ4n) is 2.59. The average molecular weight is 358 g/mol. The van der Waals surface area contributed by atoms with Crippen LogP contribution >= 0.6 is 11.8 Å². The number of rotatable bonds is 8. The molecule has 0 aliphatic carbocycles. The van der Waals surface area contributed by atoms with E-state index < -0.39 is 0 Å². The molecule has 7 heteroatoms. The SMILES string of the molecule is O=C(NCCNc1cnccn1)c1ccccc1SCC1CCCO1. The molecule has 0 spiro atoms. The summed E-state index contributed by atoms with van der Waals surface area (Å²) in [6.07, 6.45) is 7.44. The quantitative estimate of drug-likeness (QED) is 0.558. The van der Waals surface area contributed by atoms with Crippen LogP contribution in [0.1, 0.15) is 23.2 Å². The zero-order chi connectivity index (χ0) is 17.3. The Kier molecular flexibility index (Phi) is 6.64. The summed E-state index contributed by atoms with van der Waals surface area (Å²) in [4.78, 5) is 21.6. The van der Waals surface area contributed by atoms with Crippen molar-refractivity contribution >= 4 is 23.5 Å². The predicted octanol–water partition coefficient (Wildman–Crippen LogP) is 2.59. The van der Waals surface area contributed by atoms with E-state index in [9.17, 15) is 4.79 Å². The molecule has 0 bridgehead atoms. The first kappa shape index (κ1) is 17.7. The third-order valence-electron chi connectivity index (χ3n) is 3.86. The fraction of sp³-hybridized carbons (Fsp3) is 0.389. The van der Waals surface area contributed by atoms with Crippen LogP contribution in [-0.4, -0.2) is 47.4 Å². The Balaban J connectivity index is 1.47. The molecule has 1 fully saturated rings. The summed E-state index contributed by atoms with van der Waals surface area (Å²) < 4.78 is 5.66. The molecule has 1 amide bonds. The minimum atomic E-state index is -0.0589. The number of ether oxygens (including phenoxy) is 1. The van der Waals surface area contributed by atoms with Crippen LogP contribution in [0, 0.1) is 0 Å². The monoisotopic (exact) mass is 358 g/mol. The molecule has 132 valence electrons. The Morgan fingerprint density at radius 1 is 1.28 bits per heavy atom. The number of hydrogen-bond donors (Lipinski definition) is 2. The Morgan fingerprint density at radius 2 is 2.20 bits per heavy atom. The number of carbonyl (C=O) groups is 1. The lowest BCUT2D eigenvalue weighted by Crippen LogP contribution is -2.29. The highest BCUT2D eigenvalue weighted by molar-refractivity contribution is 7.99. The maximum Gasteiger partial charge on any atom is 0.252 e. The van der Waals surface area contributed by atoms with Gasteiger partial charge in [-0.3, -0.25) is 9.78 Å². The lowest BCUT2D eigenvalue weighted by molar-refractivity contribution is 0.0952. The van der Waals surface area contributed by atoms with Crippen LogP contribution in [0.5, 0.6) is 0 Å². The van der Waals surface area contributed by atoms with Crippen molar-refractivity contribution in [2.24, 2.45) is 0 Å². The van der Waals surface area contributed by atoms with Crippen LogP contribution in [0.15, 0.2) is 47.8 Å². The number of nitrogens with one attached hydrogen (secondary N) is 2. The van der Waals surface area contributed by atoms with Crippen molar-refractivity contribution in [1.82, 2.24) is 15.3 Å². The molecule has 1 aliphatic rings. The molecule has 1 unspecified atom stereocenters. The highest BCUT2D eigenvalue weighted by atomic mass is 32.2. The van der Waals surface area contributed by atoms with Crippen molar-refractivity contribution in [3.8, 4) is 0 Å². The van der Waals surface area contributed by atoms with E-state index in [1.165, 1.54) is 0 Å². The number of anilines is 1. The van der Waals surface area contributed by atoms with Crippen molar-refractivity contribution in [2.75, 3.05) is 30.8 Å². The van der Waals surface area contributed by atoms with Gasteiger partial charge in [-0.1, -0.05) is 12.1 Å². The minimum Gasteiger partial charge on any atom is -0.377 e. The minimum absolute atomic E-state index is 0.0589. The van der Waals surface area contributed by atoms with Crippen LogP contribution in [0.25, 0.3) is 0 Å². The standard InChI is InChI=1S/C18H22N4O2S/c23-18(22-10-9-21-17-12-19-7-8-20-17)15-5-1-2-6-16(15)25-13-14-4-3-11-24-14/h1-2,5-8,12,14H,3-4,9-11,13H2,(H,20,21)(H,22,23). The number of carbonyl (C=O) groups excluding carboxylic acids is 1. The van der Waals surface area contributed by atoms with Crippen molar-refractivity contribution < 1.29 is 9.53 Å². The smallest absolute Gasteiger partial charge is 0.252 e. The van der Waals surface area contributed by atoms with Crippen LogP contribution < -0.4 is 10.6 Å². The molecule has 3 rings (SSSR count). The molecule has 6 nitrogen and oxygen atoms in total. The van der Waals surface area contributed by atoms with Gasteiger partial charge in [0.05, 0.1) is 17.9 Å². The lowest BCUT2D eigenvalue weighted by atomic mass is 10.2. The first-order valence-electron chi connectivity index (χ1n) is 8.44. The summed E-state index contributed by atoms with van der Waals surface area (Å²) in [5.41, 5.74) is 0.713. The summed E-state index contributed by atoms with van der Waals surface area (Å²) in [6.45, 7) is 1.96. The summed E-state index contributed by atoms with van der Waals surface area (Å²) in [7, 11) is 0. The molecular formula is C18H22N4O2S. The van der Waals surface area contributed by atoms with Gasteiger partial charge in [-0.15, -0.1) is 11.8 Å². The third-order valence-corrected chi connectivity index (χ3v) is 5.07. The molecule has 2 aromatic rings. The highest BCUT2D eigenvalue weighted by Gasteiger charge is 2.17. The van der Waals surface area contributed by atoms with E-state index in [-0.39, 0.29) is 5.91 Å². The van der Waals surface area contributed by atoms with Crippen molar-refractivity contribution in [3.63, 3.8) is 0 Å². The number of hydrogen-bond acceptors (Lipinski definition) is 6. The fourth-order valence-corrected chi connectivity index (χ4v) is 3.71. The van der Waals surface area contributed by atoms with E-state index in [1.54, 1.807) is 30.4 Å². The van der Waals surface area contributed by atoms with Gasteiger partial charge in [0.1, 0.15) is 5.82 Å². The number of nitrogens with zero attached hydrogens (tertiary/aromatic N) is 2. The van der Waals surface area contributed by atoms with Gasteiger partial charge >= 0.3 is 0 Å². The number of aromatic nitrogens is 2. The van der Waals surface area contributed by atoms with Gasteiger partial charge in [0.2, 0.25) is 0 Å². The molecule has 0 saturated carbocycles. The van der Waals surface area contributed by atoms with E-state index in [2.05, 4.69) is 20.6 Å². The summed E-state index contributed by atoms with van der Waals surface area (Å²) >= 11 is 1.69. The molecule has 1 aromatic heterocycles. The van der Waals surface area contributed by atoms with Gasteiger partial charge in [0.25, 0.3) is 5.91 Å². The molecule has 1 saturated heterocycles. The van der Waals surface area contributed by atoms with Crippen LogP contribution in [-0.2, 0) is 4.74 Å². The van der Waals surface area contributed by atoms with Gasteiger partial charge in [0, 0.05) is 42.7 Å². The van der Waals surface area contributed by atoms with E-state index in [0.29, 0.717) is 30.6 Å². The Bertz CT molecular complexity index is 678. The van der Waals surface area contributed by atoms with Crippen LogP contribution in [0.4, 0.5) is 5.82 Å². The average Bonchev–Trinajstić information content (AvgIpc) is 3.18. The zero-order valence-electron chi connectivity index (χ0n) is 14.0. The summed E-state index contributed by atoms with van der Waals surface area (Å²) in [5, 5.41) is 6.06. The van der Waals surface area contributed by atoms with Gasteiger partial charge in [-0.25, -0.2) is 4.98 Å². The first-order valence-corrected chi connectivity index (χ1v) is 9.43. The normalized spacial score (nSPS) is 16.6. The van der Waals surface area contributed by atoms with Crippen LogP contribution in [0.2, 0.25) is 0 Å². The van der Waals surface area contributed by atoms with Crippen molar-refractivity contribution in [1.29, 1.82) is 0 Å². The second-order valence-electron chi connectivity index (χ2n) is 5.72. The molecule has 2 heterocycles. The maximum absolute atomic E-state index is 12.5. The Labute approximate surface area is 151 Å². The number of amides is 1. The first-order chi connectivity index (χ1) is 12.3. The summed E-state index contributed by atoms with van der Waals surface area (Å²) in [5.74, 6) is 1.53. The van der Waals surface area contributed by atoms with Gasteiger partial charge in [0.15, 0.2) is 0 Å². The van der Waals surface area contributed by atoms with E-state index in [4.69, 9.17) is 4.74 Å². The number of benzene rings is 1. The van der Waals surface area contributed by atoms with E-state index in [0.717, 1.165) is 30.1 Å². The predicted molar refractivity (Wildman–Crippen MR) is 99.0 cm³/mol. The molecule has 1 atom stereocenters. The molecule has 1 aromatic carbocycles. The molecule has 2 N–H and O–H groups in total. The van der Waals surface area contributed by atoms with Gasteiger partial charge in [-0.2, -0.15) is 0 Å². The molecular weight excluding hydrogens is 336 g/mol. The second kappa shape index (κ2) is 9.39. The van der Waals surface area contributed by atoms with Gasteiger partial charge < -0.3 is 15.4 Å². The number of thioether (sulfide) groups is 1. The topological polar surface area (TPSA) is 76.1 Å². The zero-order valence-corrected chi connectivity index (χ0v) is 14.8. The summed E-state index contributed by atoms with van der Waals surface area (Å²) in [6, 6.07) is 7.71. The maximum atomic E-state index is 12.5. The van der Waals surface area contributed by atoms with Crippen LogP contribution in [0.3, 0.4) is 0 Å². The molecule has 1 aliphatic heterocycles. The Morgan fingerprint density at radius 3 is 3.00 bits per heavy atom. The van der Waals surface area contributed by atoms with Crippen molar-refractivity contribution in [2.45, 2.75) is 23.8 Å². The van der Waals surface area contributed by atoms with Gasteiger partial charge in [-0.05, 0) is 25.0 Å².